The van der Waals surface area contributed by atoms with Crippen LogP contribution in [-0.2, 0) is 16.6 Å². The van der Waals surface area contributed by atoms with E-state index in [4.69, 9.17) is 0 Å². The van der Waals surface area contributed by atoms with Crippen molar-refractivity contribution in [2.75, 3.05) is 10.6 Å². The summed E-state index contributed by atoms with van der Waals surface area (Å²) in [5, 5.41) is 7.88. The second kappa shape index (κ2) is 16.1. The first-order valence-corrected chi connectivity index (χ1v) is 17.5. The molecule has 52 heavy (non-hydrogen) atoms. The van der Waals surface area contributed by atoms with Crippen molar-refractivity contribution < 1.29 is 14.4 Å². The molecule has 3 amide bonds. The highest BCUT2D eigenvalue weighted by Crippen LogP contribution is 2.37. The number of amides is 3. The summed E-state index contributed by atoms with van der Waals surface area (Å²) >= 11 is 1.32. The molecule has 1 atom stereocenters. The van der Waals surface area contributed by atoms with E-state index >= 15 is 0 Å². The van der Waals surface area contributed by atoms with Crippen molar-refractivity contribution in [1.29, 1.82) is 0 Å². The highest BCUT2D eigenvalue weighted by atomic mass is 32.2. The maximum Gasteiger partial charge on any atom is 0.295 e. The summed E-state index contributed by atoms with van der Waals surface area (Å²) in [4.78, 5) is 54.9. The molecule has 1 heterocycles. The summed E-state index contributed by atoms with van der Waals surface area (Å²) in [5.41, 5.74) is 4.75. The molecule has 0 bridgehead atoms. The summed E-state index contributed by atoms with van der Waals surface area (Å²) in [5.74, 6) is -1.25. The molecule has 0 spiro atoms. The summed E-state index contributed by atoms with van der Waals surface area (Å²) in [6.07, 6.45) is 1.64. The smallest absolute Gasteiger partial charge is 0.295 e. The molecule has 0 aliphatic rings. The molecule has 10 heteroatoms. The molecule has 9 nitrogen and oxygen atoms in total. The van der Waals surface area contributed by atoms with Crippen LogP contribution in [0, 0.1) is 13.8 Å². The maximum absolute atomic E-state index is 13.9. The van der Waals surface area contributed by atoms with Gasteiger partial charge in [-0.15, -0.1) is 11.8 Å². The number of carbonyl (C=O) groups excluding carboxylic acids is 3. The molecule has 5 aromatic carbocycles. The lowest BCUT2D eigenvalue weighted by Gasteiger charge is -2.17. The number of carbonyl (C=O) groups is 3. The SMILES string of the molecule is Cc1cccc(/C=C(\NC(=O)c2ccccc2)C(=O)Nc2ccc(SC(C(=O)Nc3c(C)n(C)n(-c4ccccc4)c3=O)c3ccccc3)cc2)c1. The lowest BCUT2D eigenvalue weighted by atomic mass is 10.1. The van der Waals surface area contributed by atoms with Gasteiger partial charge in [0.05, 0.1) is 11.4 Å². The number of anilines is 2. The van der Waals surface area contributed by atoms with Crippen LogP contribution in [0.4, 0.5) is 11.4 Å². The molecule has 0 fully saturated rings. The molecular weight excluding hydrogens is 671 g/mol. The highest BCUT2D eigenvalue weighted by molar-refractivity contribution is 8.00. The number of thioether (sulfide) groups is 1. The van der Waals surface area contributed by atoms with Crippen molar-refractivity contribution in [3.05, 3.63) is 184 Å². The zero-order valence-electron chi connectivity index (χ0n) is 28.9. The largest absolute Gasteiger partial charge is 0.321 e. The Morgan fingerprint density at radius 1 is 0.731 bits per heavy atom. The van der Waals surface area contributed by atoms with E-state index in [1.165, 1.54) is 16.4 Å². The normalized spacial score (nSPS) is 11.8. The summed E-state index contributed by atoms with van der Waals surface area (Å²) in [7, 11) is 1.78. The Kier molecular flexibility index (Phi) is 11.0. The molecule has 0 aliphatic carbocycles. The van der Waals surface area contributed by atoms with E-state index in [9.17, 15) is 19.2 Å². The number of para-hydroxylation sites is 1. The molecule has 0 aliphatic heterocycles. The van der Waals surface area contributed by atoms with E-state index in [2.05, 4.69) is 16.0 Å². The van der Waals surface area contributed by atoms with Gasteiger partial charge >= 0.3 is 0 Å². The Labute approximate surface area is 306 Å². The lowest BCUT2D eigenvalue weighted by molar-refractivity contribution is -0.116. The Balaban J connectivity index is 1.21. The van der Waals surface area contributed by atoms with E-state index in [-0.39, 0.29) is 22.9 Å². The minimum Gasteiger partial charge on any atom is -0.321 e. The third kappa shape index (κ3) is 8.31. The van der Waals surface area contributed by atoms with Crippen LogP contribution < -0.4 is 21.5 Å². The van der Waals surface area contributed by atoms with E-state index in [1.807, 2.05) is 110 Å². The average molecular weight is 708 g/mol. The molecule has 3 N–H and O–H groups in total. The van der Waals surface area contributed by atoms with Crippen LogP contribution in [0.2, 0.25) is 0 Å². The molecular formula is C42H37N5O4S. The molecule has 0 saturated carbocycles. The number of hydrogen-bond donors (Lipinski definition) is 3. The first-order chi connectivity index (χ1) is 25.2. The van der Waals surface area contributed by atoms with Gasteiger partial charge in [0, 0.05) is 23.2 Å². The van der Waals surface area contributed by atoms with Crippen molar-refractivity contribution in [3.63, 3.8) is 0 Å². The Bertz CT molecular complexity index is 2300. The standard InChI is InChI=1S/C42H37N5O4S/c1-28-14-13-15-30(26-28)27-36(44-39(48)32-18-9-5-10-19-32)40(49)43-33-22-24-35(25-23-33)52-38(31-16-7-4-8-17-31)41(50)45-37-29(2)46(3)47(42(37)51)34-20-11-6-12-21-34/h4-27,38H,1-3H3,(H,43,49)(H,44,48)(H,45,50)/b36-27-. The number of aromatic nitrogens is 2. The van der Waals surface area contributed by atoms with E-state index in [0.29, 0.717) is 22.6 Å². The van der Waals surface area contributed by atoms with E-state index in [0.717, 1.165) is 21.6 Å². The van der Waals surface area contributed by atoms with Crippen LogP contribution in [0.25, 0.3) is 11.8 Å². The predicted molar refractivity (Wildman–Crippen MR) is 208 cm³/mol. The van der Waals surface area contributed by atoms with Gasteiger partial charge in [-0.05, 0) is 79.6 Å². The first kappa shape index (κ1) is 35.4. The van der Waals surface area contributed by atoms with Crippen molar-refractivity contribution in [2.24, 2.45) is 7.05 Å². The van der Waals surface area contributed by atoms with Crippen molar-refractivity contribution in [3.8, 4) is 5.69 Å². The maximum atomic E-state index is 13.9. The fourth-order valence-electron chi connectivity index (χ4n) is 5.62. The second-order valence-corrected chi connectivity index (χ2v) is 13.3. The van der Waals surface area contributed by atoms with Crippen LogP contribution >= 0.6 is 11.8 Å². The fraction of sp³-hybridized carbons (Fsp3) is 0.0952. The molecule has 6 aromatic rings. The van der Waals surface area contributed by atoms with Gasteiger partial charge in [0.25, 0.3) is 17.4 Å². The number of rotatable bonds is 11. The van der Waals surface area contributed by atoms with Gasteiger partial charge in [-0.25, -0.2) is 4.68 Å². The number of benzene rings is 5. The van der Waals surface area contributed by atoms with Gasteiger partial charge in [0.2, 0.25) is 5.91 Å². The predicted octanol–water partition coefficient (Wildman–Crippen LogP) is 7.67. The Morgan fingerprint density at radius 2 is 1.37 bits per heavy atom. The molecule has 6 rings (SSSR count). The first-order valence-electron chi connectivity index (χ1n) is 16.6. The topological polar surface area (TPSA) is 114 Å². The molecule has 1 unspecified atom stereocenters. The van der Waals surface area contributed by atoms with Crippen molar-refractivity contribution >= 4 is 46.9 Å². The van der Waals surface area contributed by atoms with Gasteiger partial charge in [-0.2, -0.15) is 0 Å². The minimum atomic E-state index is -0.692. The van der Waals surface area contributed by atoms with E-state index in [1.54, 1.807) is 61.1 Å². The van der Waals surface area contributed by atoms with Gasteiger partial charge < -0.3 is 16.0 Å². The third-order valence-corrected chi connectivity index (χ3v) is 9.66. The van der Waals surface area contributed by atoms with Crippen LogP contribution in [0.1, 0.15) is 38.0 Å². The quantitative estimate of drug-likeness (QED) is 0.0945. The zero-order valence-corrected chi connectivity index (χ0v) is 29.7. The zero-order chi connectivity index (χ0) is 36.6. The van der Waals surface area contributed by atoms with Crippen molar-refractivity contribution in [2.45, 2.75) is 24.0 Å². The number of aryl methyl sites for hydroxylation is 1. The van der Waals surface area contributed by atoms with E-state index < -0.39 is 17.1 Å². The molecule has 0 radical (unpaired) electrons. The summed E-state index contributed by atoms with van der Waals surface area (Å²) in [6.45, 7) is 3.75. The molecule has 0 saturated heterocycles. The van der Waals surface area contributed by atoms with Crippen LogP contribution in [-0.4, -0.2) is 27.1 Å². The number of hydrogen-bond acceptors (Lipinski definition) is 5. The van der Waals surface area contributed by atoms with Crippen LogP contribution in [0.5, 0.6) is 0 Å². The Hall–Kier alpha value is -6.39. The van der Waals surface area contributed by atoms with Crippen LogP contribution in [0.15, 0.2) is 155 Å². The number of nitrogens with one attached hydrogen (secondary N) is 3. The van der Waals surface area contributed by atoms with Gasteiger partial charge in [0.15, 0.2) is 0 Å². The summed E-state index contributed by atoms with van der Waals surface area (Å²) in [6, 6.07) is 42.0. The molecule has 1 aromatic heterocycles. The average Bonchev–Trinajstić information content (AvgIpc) is 3.37. The highest BCUT2D eigenvalue weighted by Gasteiger charge is 2.26. The third-order valence-electron chi connectivity index (χ3n) is 8.39. The second-order valence-electron chi connectivity index (χ2n) is 12.1. The van der Waals surface area contributed by atoms with Gasteiger partial charge in [-0.3, -0.25) is 23.9 Å². The van der Waals surface area contributed by atoms with Crippen LogP contribution in [0.3, 0.4) is 0 Å². The summed E-state index contributed by atoms with van der Waals surface area (Å²) < 4.78 is 3.25. The monoisotopic (exact) mass is 707 g/mol. The minimum absolute atomic E-state index is 0.0845. The fourth-order valence-corrected chi connectivity index (χ4v) is 6.65. The Morgan fingerprint density at radius 3 is 2.02 bits per heavy atom. The van der Waals surface area contributed by atoms with Gasteiger partial charge in [0.1, 0.15) is 16.6 Å². The lowest BCUT2D eigenvalue weighted by Crippen LogP contribution is -2.30. The van der Waals surface area contributed by atoms with Gasteiger partial charge in [-0.1, -0.05) is 96.6 Å². The number of nitrogens with zero attached hydrogens (tertiary/aromatic N) is 2. The molecule has 260 valence electrons. The van der Waals surface area contributed by atoms with Crippen molar-refractivity contribution in [1.82, 2.24) is 14.7 Å².